The lowest BCUT2D eigenvalue weighted by molar-refractivity contribution is 0.837. The molecule has 0 heterocycles. The Morgan fingerprint density at radius 2 is 1.75 bits per heavy atom. The molecular formula is C5H13N3. The molecule has 0 aliphatic heterocycles. The fraction of sp³-hybridized carbons (Fsp3) is 0.600. The fourth-order valence-electron chi connectivity index (χ4n) is 0.263. The Kier molecular flexibility index (Phi) is 2.34. The maximum Gasteiger partial charge on any atom is 0.0938 e. The maximum absolute atomic E-state index is 5.42. The summed E-state index contributed by atoms with van der Waals surface area (Å²) < 4.78 is 0. The Balaban J connectivity index is 4.00. The Morgan fingerprint density at radius 3 is 1.75 bits per heavy atom. The van der Waals surface area contributed by atoms with Crippen LogP contribution in [0.5, 0.6) is 0 Å². The third-order valence-corrected chi connectivity index (χ3v) is 1.14. The van der Waals surface area contributed by atoms with Crippen LogP contribution in [0, 0.1) is 0 Å². The van der Waals surface area contributed by atoms with E-state index < -0.39 is 0 Å². The Labute approximate surface area is 49.5 Å². The molecule has 6 N–H and O–H groups in total. The highest BCUT2D eigenvalue weighted by Crippen LogP contribution is 1.95. The summed E-state index contributed by atoms with van der Waals surface area (Å²) in [7, 11) is 0. The van der Waals surface area contributed by atoms with Crippen LogP contribution in [-0.2, 0) is 0 Å². The van der Waals surface area contributed by atoms with Gasteiger partial charge in [-0.2, -0.15) is 0 Å². The number of nitrogens with two attached hydrogens (primary N) is 3. The van der Waals surface area contributed by atoms with Crippen molar-refractivity contribution in [3.8, 4) is 0 Å². The number of hydrogen-bond donors (Lipinski definition) is 3. The molecule has 3 nitrogen and oxygen atoms in total. The van der Waals surface area contributed by atoms with Gasteiger partial charge in [0.05, 0.1) is 5.82 Å². The van der Waals surface area contributed by atoms with Crippen molar-refractivity contribution >= 4 is 0 Å². The first kappa shape index (κ1) is 7.30. The van der Waals surface area contributed by atoms with Crippen LogP contribution in [0.4, 0.5) is 0 Å². The highest BCUT2D eigenvalue weighted by molar-refractivity contribution is 5.09. The predicted molar refractivity (Wildman–Crippen MR) is 34.7 cm³/mol. The first-order chi connectivity index (χ1) is 3.55. The molecule has 1 unspecified atom stereocenters. The summed E-state index contributed by atoms with van der Waals surface area (Å²) in [5, 5.41) is 0. The molecule has 0 aromatic heterocycles. The van der Waals surface area contributed by atoms with Crippen molar-refractivity contribution in [3.05, 3.63) is 11.4 Å². The van der Waals surface area contributed by atoms with Crippen LogP contribution in [0.1, 0.15) is 13.8 Å². The Bertz CT molecular complexity index is 100. The topological polar surface area (TPSA) is 78.1 Å². The normalized spacial score (nSPS) is 12.9. The summed E-state index contributed by atoms with van der Waals surface area (Å²) in [6, 6.07) is -0.0278. The third kappa shape index (κ3) is 1.84. The molecule has 0 aromatic rings. The molecule has 8 heavy (non-hydrogen) atoms. The zero-order valence-corrected chi connectivity index (χ0v) is 5.31. The summed E-state index contributed by atoms with van der Waals surface area (Å²) in [5.74, 6) is 0.333. The van der Waals surface area contributed by atoms with E-state index in [-0.39, 0.29) is 6.04 Å². The minimum atomic E-state index is -0.0278. The molecule has 0 radical (unpaired) electrons. The van der Waals surface area contributed by atoms with Gasteiger partial charge in [0, 0.05) is 6.04 Å². The molecule has 0 bridgehead atoms. The second-order valence-corrected chi connectivity index (χ2v) is 1.93. The number of rotatable bonds is 1. The van der Waals surface area contributed by atoms with Gasteiger partial charge in [0.2, 0.25) is 0 Å². The van der Waals surface area contributed by atoms with Crippen LogP contribution in [-0.4, -0.2) is 6.04 Å². The number of hydrogen-bond acceptors (Lipinski definition) is 3. The van der Waals surface area contributed by atoms with Crippen LogP contribution < -0.4 is 17.2 Å². The van der Waals surface area contributed by atoms with E-state index in [4.69, 9.17) is 17.2 Å². The molecular weight excluding hydrogens is 102 g/mol. The van der Waals surface area contributed by atoms with E-state index >= 15 is 0 Å². The largest absolute Gasteiger partial charge is 0.386 e. The quantitative estimate of drug-likeness (QED) is 0.430. The first-order valence-corrected chi connectivity index (χ1v) is 2.53. The molecule has 0 aliphatic rings. The lowest BCUT2D eigenvalue weighted by Crippen LogP contribution is -2.23. The second-order valence-electron chi connectivity index (χ2n) is 1.93. The van der Waals surface area contributed by atoms with Gasteiger partial charge in [-0.15, -0.1) is 0 Å². The zero-order valence-electron chi connectivity index (χ0n) is 5.31. The minimum Gasteiger partial charge on any atom is -0.386 e. The van der Waals surface area contributed by atoms with E-state index in [0.717, 1.165) is 5.57 Å². The van der Waals surface area contributed by atoms with Crippen molar-refractivity contribution < 1.29 is 0 Å². The Hall–Kier alpha value is -0.700. The van der Waals surface area contributed by atoms with E-state index in [0.29, 0.717) is 5.82 Å². The highest BCUT2D eigenvalue weighted by atomic mass is 14.8. The standard InChI is InChI=1S/C5H13N3/c1-3(4(2)6)5(7)8/h4H,6-8H2,1-2H3. The van der Waals surface area contributed by atoms with Crippen molar-refractivity contribution in [2.75, 3.05) is 0 Å². The van der Waals surface area contributed by atoms with Crippen molar-refractivity contribution in [3.63, 3.8) is 0 Å². The van der Waals surface area contributed by atoms with Gasteiger partial charge in [0.15, 0.2) is 0 Å². The van der Waals surface area contributed by atoms with E-state index in [1.54, 1.807) is 0 Å². The summed E-state index contributed by atoms with van der Waals surface area (Å²) >= 11 is 0. The minimum absolute atomic E-state index is 0.0278. The van der Waals surface area contributed by atoms with Gasteiger partial charge < -0.3 is 17.2 Å². The van der Waals surface area contributed by atoms with Crippen LogP contribution in [0.2, 0.25) is 0 Å². The fourth-order valence-corrected chi connectivity index (χ4v) is 0.263. The van der Waals surface area contributed by atoms with Crippen LogP contribution in [0.25, 0.3) is 0 Å². The van der Waals surface area contributed by atoms with Crippen molar-refractivity contribution in [2.45, 2.75) is 19.9 Å². The van der Waals surface area contributed by atoms with Gasteiger partial charge in [-0.3, -0.25) is 0 Å². The van der Waals surface area contributed by atoms with Crippen LogP contribution >= 0.6 is 0 Å². The first-order valence-electron chi connectivity index (χ1n) is 2.53. The summed E-state index contributed by atoms with van der Waals surface area (Å²) in [6.45, 7) is 3.66. The zero-order chi connectivity index (χ0) is 6.73. The lowest BCUT2D eigenvalue weighted by Gasteiger charge is -2.05. The average Bonchev–Trinajstić information content (AvgIpc) is 1.64. The van der Waals surface area contributed by atoms with Gasteiger partial charge >= 0.3 is 0 Å². The van der Waals surface area contributed by atoms with E-state index in [2.05, 4.69) is 0 Å². The van der Waals surface area contributed by atoms with Gasteiger partial charge in [0.1, 0.15) is 0 Å². The van der Waals surface area contributed by atoms with Crippen LogP contribution in [0.3, 0.4) is 0 Å². The van der Waals surface area contributed by atoms with Gasteiger partial charge in [-0.25, -0.2) is 0 Å². The molecule has 0 rings (SSSR count). The van der Waals surface area contributed by atoms with Gasteiger partial charge in [-0.05, 0) is 19.4 Å². The predicted octanol–water partition coefficient (Wildman–Crippen LogP) is -0.517. The summed E-state index contributed by atoms with van der Waals surface area (Å²) in [6.07, 6.45) is 0. The monoisotopic (exact) mass is 115 g/mol. The molecule has 0 spiro atoms. The highest BCUT2D eigenvalue weighted by Gasteiger charge is 1.97. The molecule has 0 saturated carbocycles. The van der Waals surface area contributed by atoms with E-state index in [1.165, 1.54) is 0 Å². The Morgan fingerprint density at radius 1 is 1.38 bits per heavy atom. The molecule has 48 valence electrons. The molecule has 0 aliphatic carbocycles. The summed E-state index contributed by atoms with van der Waals surface area (Å²) in [5.41, 5.74) is 16.7. The van der Waals surface area contributed by atoms with E-state index in [1.807, 2.05) is 13.8 Å². The van der Waals surface area contributed by atoms with Crippen LogP contribution in [0.15, 0.2) is 11.4 Å². The SMILES string of the molecule is CC(=C(N)N)C(C)N. The smallest absolute Gasteiger partial charge is 0.0938 e. The van der Waals surface area contributed by atoms with E-state index in [9.17, 15) is 0 Å². The maximum atomic E-state index is 5.42. The second kappa shape index (κ2) is 2.57. The molecule has 3 heteroatoms. The summed E-state index contributed by atoms with van der Waals surface area (Å²) in [4.78, 5) is 0. The molecule has 1 atom stereocenters. The van der Waals surface area contributed by atoms with Crippen molar-refractivity contribution in [2.24, 2.45) is 17.2 Å². The molecule has 0 fully saturated rings. The van der Waals surface area contributed by atoms with Crippen molar-refractivity contribution in [1.82, 2.24) is 0 Å². The van der Waals surface area contributed by atoms with Gasteiger partial charge in [0.25, 0.3) is 0 Å². The molecule has 0 aromatic carbocycles. The molecule has 0 saturated heterocycles. The lowest BCUT2D eigenvalue weighted by atomic mass is 10.2. The molecule has 0 amide bonds. The third-order valence-electron chi connectivity index (χ3n) is 1.14. The van der Waals surface area contributed by atoms with Crippen molar-refractivity contribution in [1.29, 1.82) is 0 Å². The van der Waals surface area contributed by atoms with Gasteiger partial charge in [-0.1, -0.05) is 0 Å². The average molecular weight is 115 g/mol.